The van der Waals surface area contributed by atoms with Crippen LogP contribution in [0.4, 0.5) is 0 Å². The minimum absolute atomic E-state index is 0.144. The summed E-state index contributed by atoms with van der Waals surface area (Å²) >= 11 is 0. The average molecular weight is 210 g/mol. The summed E-state index contributed by atoms with van der Waals surface area (Å²) in [4.78, 5) is 4.22. The predicted octanol–water partition coefficient (Wildman–Crippen LogP) is 0.808. The molecule has 0 bridgehead atoms. The third-order valence-electron chi connectivity index (χ3n) is 2.00. The molecule has 0 fully saturated rings. The fourth-order valence-corrected chi connectivity index (χ4v) is 1.07. The van der Waals surface area contributed by atoms with Crippen LogP contribution >= 0.6 is 0 Å². The number of nitrogens with zero attached hydrogens (tertiary/aromatic N) is 1. The smallest absolute Gasteiger partial charge is 0.137 e. The van der Waals surface area contributed by atoms with E-state index in [1.807, 2.05) is 26.1 Å². The van der Waals surface area contributed by atoms with E-state index in [-0.39, 0.29) is 12.5 Å². The number of aliphatic hydroxyl groups is 1. The molecule has 1 unspecified atom stereocenters. The van der Waals surface area contributed by atoms with Crippen molar-refractivity contribution < 1.29 is 9.84 Å². The summed E-state index contributed by atoms with van der Waals surface area (Å²) in [5.74, 6) is 0.900. The molecule has 0 aliphatic carbocycles. The van der Waals surface area contributed by atoms with E-state index in [0.29, 0.717) is 6.61 Å². The second kappa shape index (κ2) is 6.37. The van der Waals surface area contributed by atoms with Crippen LogP contribution in [0.25, 0.3) is 0 Å². The van der Waals surface area contributed by atoms with Crippen molar-refractivity contribution in [3.8, 4) is 5.75 Å². The van der Waals surface area contributed by atoms with Crippen molar-refractivity contribution in [1.82, 2.24) is 10.3 Å². The Bertz CT molecular complexity index is 274. The summed E-state index contributed by atoms with van der Waals surface area (Å²) in [6.07, 6.45) is 1.71. The molecule has 0 aliphatic rings. The zero-order valence-corrected chi connectivity index (χ0v) is 9.23. The van der Waals surface area contributed by atoms with E-state index in [0.717, 1.165) is 18.0 Å². The summed E-state index contributed by atoms with van der Waals surface area (Å²) < 4.78 is 5.45. The molecule has 1 rings (SSSR count). The van der Waals surface area contributed by atoms with Gasteiger partial charge in [-0.3, -0.25) is 4.98 Å². The molecule has 0 aromatic carbocycles. The van der Waals surface area contributed by atoms with Gasteiger partial charge in [0.05, 0.1) is 18.5 Å². The lowest BCUT2D eigenvalue weighted by Crippen LogP contribution is -2.12. The third kappa shape index (κ3) is 4.27. The highest BCUT2D eigenvalue weighted by atomic mass is 16.5. The second-order valence-corrected chi connectivity index (χ2v) is 3.61. The quantitative estimate of drug-likeness (QED) is 0.729. The van der Waals surface area contributed by atoms with E-state index in [9.17, 15) is 0 Å². The van der Waals surface area contributed by atoms with Crippen molar-refractivity contribution in [1.29, 1.82) is 0 Å². The van der Waals surface area contributed by atoms with Crippen LogP contribution in [0.1, 0.15) is 12.6 Å². The first-order valence-electron chi connectivity index (χ1n) is 5.09. The maximum Gasteiger partial charge on any atom is 0.137 e. The van der Waals surface area contributed by atoms with Gasteiger partial charge in [0, 0.05) is 19.1 Å². The number of rotatable bonds is 6. The Kier molecular flexibility index (Phi) is 5.07. The molecule has 0 amide bonds. The molecule has 0 radical (unpaired) electrons. The predicted molar refractivity (Wildman–Crippen MR) is 58.7 cm³/mol. The highest BCUT2D eigenvalue weighted by Gasteiger charge is 2.01. The van der Waals surface area contributed by atoms with Gasteiger partial charge >= 0.3 is 0 Å². The van der Waals surface area contributed by atoms with Gasteiger partial charge in [0.15, 0.2) is 0 Å². The van der Waals surface area contributed by atoms with Gasteiger partial charge in [0.1, 0.15) is 5.75 Å². The third-order valence-corrected chi connectivity index (χ3v) is 2.00. The maximum atomic E-state index is 8.82. The monoisotopic (exact) mass is 210 g/mol. The second-order valence-electron chi connectivity index (χ2n) is 3.61. The summed E-state index contributed by atoms with van der Waals surface area (Å²) in [7, 11) is 1.88. The standard InChI is InChI=1S/C11H18N2O2/c1-9(7-14)8-15-11-4-3-10(5-12-2)13-6-11/h3-4,6,9,12,14H,5,7-8H2,1-2H3. The normalized spacial score (nSPS) is 12.5. The number of aliphatic hydroxyl groups excluding tert-OH is 1. The topological polar surface area (TPSA) is 54.4 Å². The van der Waals surface area contributed by atoms with E-state index in [2.05, 4.69) is 10.3 Å². The van der Waals surface area contributed by atoms with E-state index >= 15 is 0 Å². The Morgan fingerprint density at radius 1 is 1.53 bits per heavy atom. The molecule has 0 spiro atoms. The molecule has 15 heavy (non-hydrogen) atoms. The zero-order chi connectivity index (χ0) is 11.1. The van der Waals surface area contributed by atoms with Crippen LogP contribution in [-0.2, 0) is 6.54 Å². The number of ether oxygens (including phenoxy) is 1. The van der Waals surface area contributed by atoms with Crippen molar-refractivity contribution in [2.75, 3.05) is 20.3 Å². The molecular formula is C11H18N2O2. The fraction of sp³-hybridized carbons (Fsp3) is 0.545. The molecule has 4 heteroatoms. The van der Waals surface area contributed by atoms with E-state index < -0.39 is 0 Å². The SMILES string of the molecule is CNCc1ccc(OCC(C)CO)cn1. The van der Waals surface area contributed by atoms with Crippen LogP contribution in [0.2, 0.25) is 0 Å². The fourth-order valence-electron chi connectivity index (χ4n) is 1.07. The van der Waals surface area contributed by atoms with Crippen molar-refractivity contribution in [2.45, 2.75) is 13.5 Å². The Labute approximate surface area is 90.3 Å². The molecule has 1 atom stereocenters. The van der Waals surface area contributed by atoms with Gasteiger partial charge in [-0.25, -0.2) is 0 Å². The molecule has 0 aliphatic heterocycles. The molecule has 0 saturated heterocycles. The summed E-state index contributed by atoms with van der Waals surface area (Å²) in [5.41, 5.74) is 0.986. The van der Waals surface area contributed by atoms with E-state index in [4.69, 9.17) is 9.84 Å². The van der Waals surface area contributed by atoms with E-state index in [1.54, 1.807) is 6.20 Å². The largest absolute Gasteiger partial charge is 0.492 e. The Hall–Kier alpha value is -1.13. The van der Waals surface area contributed by atoms with Crippen molar-refractivity contribution in [2.24, 2.45) is 5.92 Å². The number of aromatic nitrogens is 1. The lowest BCUT2D eigenvalue weighted by atomic mass is 10.2. The number of nitrogens with one attached hydrogen (secondary N) is 1. The lowest BCUT2D eigenvalue weighted by molar-refractivity contribution is 0.174. The van der Waals surface area contributed by atoms with Crippen LogP contribution < -0.4 is 10.1 Å². The molecule has 1 heterocycles. The summed E-state index contributed by atoms with van der Waals surface area (Å²) in [6, 6.07) is 3.82. The Balaban J connectivity index is 2.42. The van der Waals surface area contributed by atoms with Gasteiger partial charge in [-0.1, -0.05) is 6.92 Å². The molecule has 1 aromatic heterocycles. The van der Waals surface area contributed by atoms with Crippen LogP contribution in [0, 0.1) is 5.92 Å². The van der Waals surface area contributed by atoms with Crippen molar-refractivity contribution in [3.05, 3.63) is 24.0 Å². The molecule has 2 N–H and O–H groups in total. The van der Waals surface area contributed by atoms with Crippen LogP contribution in [0.5, 0.6) is 5.75 Å². The molecule has 1 aromatic rings. The molecule has 84 valence electrons. The maximum absolute atomic E-state index is 8.82. The highest BCUT2D eigenvalue weighted by molar-refractivity contribution is 5.19. The zero-order valence-electron chi connectivity index (χ0n) is 9.23. The summed E-state index contributed by atoms with van der Waals surface area (Å²) in [5, 5.41) is 11.8. The van der Waals surface area contributed by atoms with Gasteiger partial charge in [0.25, 0.3) is 0 Å². The first-order valence-corrected chi connectivity index (χ1v) is 5.09. The Morgan fingerprint density at radius 2 is 2.33 bits per heavy atom. The van der Waals surface area contributed by atoms with Gasteiger partial charge in [0.2, 0.25) is 0 Å². The average Bonchev–Trinajstić information content (AvgIpc) is 2.28. The van der Waals surface area contributed by atoms with E-state index in [1.165, 1.54) is 0 Å². The first kappa shape index (κ1) is 11.9. The number of pyridine rings is 1. The number of hydrogen-bond acceptors (Lipinski definition) is 4. The minimum atomic E-state index is 0.144. The van der Waals surface area contributed by atoms with Crippen LogP contribution in [0.15, 0.2) is 18.3 Å². The van der Waals surface area contributed by atoms with Gasteiger partial charge < -0.3 is 15.2 Å². The highest BCUT2D eigenvalue weighted by Crippen LogP contribution is 2.10. The lowest BCUT2D eigenvalue weighted by Gasteiger charge is -2.10. The molecule has 4 nitrogen and oxygen atoms in total. The number of hydrogen-bond donors (Lipinski definition) is 2. The molecular weight excluding hydrogens is 192 g/mol. The van der Waals surface area contributed by atoms with Gasteiger partial charge in [-0.05, 0) is 19.2 Å². The van der Waals surface area contributed by atoms with Gasteiger partial charge in [-0.2, -0.15) is 0 Å². The van der Waals surface area contributed by atoms with Gasteiger partial charge in [-0.15, -0.1) is 0 Å². The van der Waals surface area contributed by atoms with Crippen LogP contribution in [0.3, 0.4) is 0 Å². The first-order chi connectivity index (χ1) is 7.26. The van der Waals surface area contributed by atoms with Crippen molar-refractivity contribution in [3.63, 3.8) is 0 Å². The molecule has 0 saturated carbocycles. The summed E-state index contributed by atoms with van der Waals surface area (Å²) in [6.45, 7) is 3.35. The van der Waals surface area contributed by atoms with Crippen LogP contribution in [-0.4, -0.2) is 30.4 Å². The minimum Gasteiger partial charge on any atom is -0.492 e. The van der Waals surface area contributed by atoms with Crippen molar-refractivity contribution >= 4 is 0 Å². The Morgan fingerprint density at radius 3 is 2.87 bits per heavy atom.